The molecule has 0 aromatic heterocycles. The molecule has 0 saturated heterocycles. The number of nitrogens with zero attached hydrogens (tertiary/aromatic N) is 1. The fourth-order valence-corrected chi connectivity index (χ4v) is 2.28. The van der Waals surface area contributed by atoms with Gasteiger partial charge in [0.15, 0.2) is 6.10 Å². The van der Waals surface area contributed by atoms with Crippen molar-refractivity contribution in [1.29, 1.82) is 0 Å². The predicted octanol–water partition coefficient (Wildman–Crippen LogP) is 2.17. The van der Waals surface area contributed by atoms with E-state index < -0.39 is 17.7 Å². The van der Waals surface area contributed by atoms with Crippen molar-refractivity contribution < 1.29 is 14.6 Å². The van der Waals surface area contributed by atoms with Crippen molar-refractivity contribution in [3.8, 4) is 0 Å². The standard InChI is InChI=1S/C16H21NO3/c1-10-5-11(6-12-8-17-9-13(10)12)7-14(18)15(19)20-16(2,3)4/h5-6,8,14,18H,7,9H2,1-4H3/t14-/m0/s1. The van der Waals surface area contributed by atoms with Crippen molar-refractivity contribution in [2.45, 2.75) is 52.4 Å². The number of aliphatic imine (C=N–C) groups is 1. The number of hydrogen-bond acceptors (Lipinski definition) is 4. The van der Waals surface area contributed by atoms with Gasteiger partial charge in [-0.3, -0.25) is 4.99 Å². The van der Waals surface area contributed by atoms with Gasteiger partial charge in [-0.15, -0.1) is 0 Å². The fraction of sp³-hybridized carbons (Fsp3) is 0.500. The Morgan fingerprint density at radius 2 is 2.15 bits per heavy atom. The Bertz CT molecular complexity index is 556. The van der Waals surface area contributed by atoms with Crippen LogP contribution in [0.4, 0.5) is 0 Å². The normalized spacial score (nSPS) is 15.1. The molecule has 0 bridgehead atoms. The number of aryl methyl sites for hydroxylation is 1. The summed E-state index contributed by atoms with van der Waals surface area (Å²) in [6.45, 7) is 8.10. The molecule has 2 rings (SSSR count). The first-order chi connectivity index (χ1) is 9.26. The third-order valence-electron chi connectivity index (χ3n) is 3.15. The van der Waals surface area contributed by atoms with Gasteiger partial charge in [0.2, 0.25) is 0 Å². The van der Waals surface area contributed by atoms with E-state index in [9.17, 15) is 9.90 Å². The van der Waals surface area contributed by atoms with Crippen LogP contribution < -0.4 is 0 Å². The van der Waals surface area contributed by atoms with Crippen LogP contribution in [0.3, 0.4) is 0 Å². The summed E-state index contributed by atoms with van der Waals surface area (Å²) in [5, 5.41) is 9.97. The number of esters is 1. The monoisotopic (exact) mass is 275 g/mol. The Morgan fingerprint density at radius 3 is 2.80 bits per heavy atom. The summed E-state index contributed by atoms with van der Waals surface area (Å²) >= 11 is 0. The Morgan fingerprint density at radius 1 is 1.45 bits per heavy atom. The van der Waals surface area contributed by atoms with Crippen LogP contribution in [0.25, 0.3) is 0 Å². The molecular weight excluding hydrogens is 254 g/mol. The zero-order chi connectivity index (χ0) is 14.9. The molecule has 4 heteroatoms. The SMILES string of the molecule is Cc1cc(C[C@H](O)C(=O)OC(C)(C)C)cc2c1CN=C2. The maximum atomic E-state index is 11.8. The van der Waals surface area contributed by atoms with Gasteiger partial charge in [0.25, 0.3) is 0 Å². The smallest absolute Gasteiger partial charge is 0.335 e. The number of benzene rings is 1. The van der Waals surface area contributed by atoms with Gasteiger partial charge in [-0.2, -0.15) is 0 Å². The van der Waals surface area contributed by atoms with Gasteiger partial charge in [-0.1, -0.05) is 6.07 Å². The highest BCUT2D eigenvalue weighted by molar-refractivity contribution is 5.85. The highest BCUT2D eigenvalue weighted by Crippen LogP contribution is 2.22. The van der Waals surface area contributed by atoms with E-state index in [1.807, 2.05) is 25.3 Å². The van der Waals surface area contributed by atoms with Crippen LogP contribution in [0, 0.1) is 6.92 Å². The molecule has 4 nitrogen and oxygen atoms in total. The van der Waals surface area contributed by atoms with E-state index in [0.717, 1.165) is 23.2 Å². The summed E-state index contributed by atoms with van der Waals surface area (Å²) in [7, 11) is 0. The molecule has 1 aromatic rings. The number of aliphatic hydroxyl groups is 1. The molecular formula is C16H21NO3. The van der Waals surface area contributed by atoms with Crippen molar-refractivity contribution in [1.82, 2.24) is 0 Å². The molecule has 1 aliphatic rings. The van der Waals surface area contributed by atoms with Crippen molar-refractivity contribution in [2.24, 2.45) is 4.99 Å². The van der Waals surface area contributed by atoms with E-state index in [2.05, 4.69) is 4.99 Å². The number of carbonyl (C=O) groups excluding carboxylic acids is 1. The molecule has 1 heterocycles. The largest absolute Gasteiger partial charge is 0.458 e. The second-order valence-corrected chi connectivity index (χ2v) is 6.20. The number of ether oxygens (including phenoxy) is 1. The lowest BCUT2D eigenvalue weighted by molar-refractivity contribution is -0.164. The van der Waals surface area contributed by atoms with Gasteiger partial charge in [0.1, 0.15) is 5.60 Å². The van der Waals surface area contributed by atoms with Gasteiger partial charge < -0.3 is 9.84 Å². The highest BCUT2D eigenvalue weighted by atomic mass is 16.6. The van der Waals surface area contributed by atoms with Crippen molar-refractivity contribution >= 4 is 12.2 Å². The first kappa shape index (κ1) is 14.7. The van der Waals surface area contributed by atoms with Gasteiger partial charge in [0.05, 0.1) is 6.54 Å². The average Bonchev–Trinajstić information content (AvgIpc) is 2.75. The average molecular weight is 275 g/mol. The summed E-state index contributed by atoms with van der Waals surface area (Å²) < 4.78 is 5.18. The van der Waals surface area contributed by atoms with E-state index in [4.69, 9.17) is 4.74 Å². The number of aliphatic hydroxyl groups excluding tert-OH is 1. The second kappa shape index (κ2) is 5.37. The summed E-state index contributed by atoms with van der Waals surface area (Å²) in [6.07, 6.45) is 0.966. The van der Waals surface area contributed by atoms with E-state index in [1.165, 1.54) is 5.56 Å². The van der Waals surface area contributed by atoms with E-state index in [0.29, 0.717) is 0 Å². The lowest BCUT2D eigenvalue weighted by Gasteiger charge is -2.22. The predicted molar refractivity (Wildman–Crippen MR) is 78.0 cm³/mol. The van der Waals surface area contributed by atoms with Crippen LogP contribution >= 0.6 is 0 Å². The minimum absolute atomic E-state index is 0.261. The summed E-state index contributed by atoms with van der Waals surface area (Å²) in [6, 6.07) is 3.98. The minimum atomic E-state index is -1.13. The fourth-order valence-electron chi connectivity index (χ4n) is 2.28. The number of hydrogen-bond donors (Lipinski definition) is 1. The van der Waals surface area contributed by atoms with Gasteiger partial charge in [-0.05, 0) is 56.0 Å². The number of carbonyl (C=O) groups is 1. The molecule has 0 radical (unpaired) electrons. The summed E-state index contributed by atoms with van der Waals surface area (Å²) in [5.74, 6) is -0.579. The Labute approximate surface area is 119 Å². The molecule has 0 unspecified atom stereocenters. The highest BCUT2D eigenvalue weighted by Gasteiger charge is 2.24. The molecule has 20 heavy (non-hydrogen) atoms. The Balaban J connectivity index is 2.09. The van der Waals surface area contributed by atoms with Crippen LogP contribution in [-0.2, 0) is 22.5 Å². The van der Waals surface area contributed by atoms with Crippen molar-refractivity contribution in [3.63, 3.8) is 0 Å². The number of rotatable bonds is 3. The second-order valence-electron chi connectivity index (χ2n) is 6.20. The zero-order valence-electron chi connectivity index (χ0n) is 12.4. The zero-order valence-corrected chi connectivity index (χ0v) is 12.4. The molecule has 1 aromatic carbocycles. The van der Waals surface area contributed by atoms with E-state index in [-0.39, 0.29) is 6.42 Å². The summed E-state index contributed by atoms with van der Waals surface area (Å²) in [4.78, 5) is 16.0. The molecule has 0 saturated carbocycles. The summed E-state index contributed by atoms with van der Waals surface area (Å²) in [5.41, 5.74) is 3.79. The van der Waals surface area contributed by atoms with Gasteiger partial charge in [-0.25, -0.2) is 4.79 Å². The lowest BCUT2D eigenvalue weighted by atomic mass is 9.97. The third kappa shape index (κ3) is 3.45. The van der Waals surface area contributed by atoms with Gasteiger partial charge >= 0.3 is 5.97 Å². The minimum Gasteiger partial charge on any atom is -0.458 e. The maximum Gasteiger partial charge on any atom is 0.335 e. The molecule has 0 amide bonds. The molecule has 1 N–H and O–H groups in total. The molecule has 0 spiro atoms. The number of fused-ring (bicyclic) bond motifs is 1. The molecule has 1 atom stereocenters. The van der Waals surface area contributed by atoms with Crippen LogP contribution in [0.5, 0.6) is 0 Å². The van der Waals surface area contributed by atoms with Crippen molar-refractivity contribution in [3.05, 3.63) is 34.4 Å². The van der Waals surface area contributed by atoms with Crippen LogP contribution in [0.1, 0.15) is 43.0 Å². The van der Waals surface area contributed by atoms with Crippen LogP contribution in [0.2, 0.25) is 0 Å². The first-order valence-corrected chi connectivity index (χ1v) is 6.79. The van der Waals surface area contributed by atoms with E-state index in [1.54, 1.807) is 20.8 Å². The molecule has 0 fully saturated rings. The Kier molecular flexibility index (Phi) is 3.95. The lowest BCUT2D eigenvalue weighted by Crippen LogP contribution is -2.33. The molecule has 108 valence electrons. The molecule has 0 aliphatic carbocycles. The quantitative estimate of drug-likeness (QED) is 0.860. The van der Waals surface area contributed by atoms with Crippen molar-refractivity contribution in [2.75, 3.05) is 0 Å². The van der Waals surface area contributed by atoms with Gasteiger partial charge in [0, 0.05) is 12.6 Å². The van der Waals surface area contributed by atoms with Crippen LogP contribution in [0.15, 0.2) is 17.1 Å². The maximum absolute atomic E-state index is 11.8. The Hall–Kier alpha value is -1.68. The van der Waals surface area contributed by atoms with Crippen LogP contribution in [-0.4, -0.2) is 29.0 Å². The topological polar surface area (TPSA) is 58.9 Å². The van der Waals surface area contributed by atoms with E-state index >= 15 is 0 Å². The first-order valence-electron chi connectivity index (χ1n) is 6.79. The molecule has 1 aliphatic heterocycles. The third-order valence-corrected chi connectivity index (χ3v) is 3.15.